The average Bonchev–Trinajstić information content (AvgIpc) is 3.19. The maximum atomic E-state index is 12.5. The molecular weight excluding hydrogens is 461 g/mol. The average molecular weight is 491 g/mol. The van der Waals surface area contributed by atoms with E-state index in [0.29, 0.717) is 12.1 Å². The zero-order valence-electron chi connectivity index (χ0n) is 20.1. The number of hydrogen-bond donors (Lipinski definition) is 4. The van der Waals surface area contributed by atoms with Gasteiger partial charge in [0.25, 0.3) is 0 Å². The molecule has 0 bridgehead atoms. The van der Waals surface area contributed by atoms with Crippen molar-refractivity contribution in [3.63, 3.8) is 0 Å². The molecule has 1 amide bonds. The number of hydrogen-bond acceptors (Lipinski definition) is 12. The number of likely N-dealkylation sites (N-methyl/N-ethyl adjacent to an activating group) is 1. The van der Waals surface area contributed by atoms with Crippen molar-refractivity contribution in [3.8, 4) is 5.75 Å². The summed E-state index contributed by atoms with van der Waals surface area (Å²) < 4.78 is 20.0. The molecule has 4 N–H and O–H groups in total. The molecule has 0 aliphatic carbocycles. The van der Waals surface area contributed by atoms with Crippen molar-refractivity contribution in [3.05, 3.63) is 41.2 Å². The first-order valence-corrected chi connectivity index (χ1v) is 11.0. The Morgan fingerprint density at radius 2 is 2.09 bits per heavy atom. The molecule has 13 nitrogen and oxygen atoms in total. The van der Waals surface area contributed by atoms with E-state index in [1.54, 1.807) is 37.2 Å². The van der Waals surface area contributed by atoms with Crippen molar-refractivity contribution in [1.29, 1.82) is 0 Å². The van der Waals surface area contributed by atoms with Crippen LogP contribution in [-0.4, -0.2) is 86.1 Å². The molecule has 1 aromatic carbocycles. The number of para-hydroxylation sites is 1. The van der Waals surface area contributed by atoms with Gasteiger partial charge in [0.15, 0.2) is 0 Å². The topological polar surface area (TPSA) is 151 Å². The Balaban J connectivity index is 1.55. The standard InChI is InChI=1S/C21H30BN5O8/c1-13(2)34-21(30)33-12-32-20(29)16-7-5-6-14-8-17(22(31)35-19(14)16)23-18(28)11-27-10-15(24-25-27)9-26(3)4/h5-7,10,13,17,24-25,31H,8-9,11-12H2,1-4H3,(H,23,28)/t17-/m0/s1. The number of rotatable bonds is 9. The van der Waals surface area contributed by atoms with Gasteiger partial charge in [-0.25, -0.2) is 9.59 Å². The summed E-state index contributed by atoms with van der Waals surface area (Å²) in [5.74, 6) is -1.72. The highest BCUT2D eigenvalue weighted by molar-refractivity contribution is 6.47. The van der Waals surface area contributed by atoms with Gasteiger partial charge >= 0.3 is 19.2 Å². The van der Waals surface area contributed by atoms with E-state index >= 15 is 0 Å². The number of esters is 1. The fraction of sp³-hybridized carbons (Fsp3) is 0.476. The molecule has 0 aromatic heterocycles. The smallest absolute Gasteiger partial charge is 0.534 e. The van der Waals surface area contributed by atoms with Crippen molar-refractivity contribution in [1.82, 2.24) is 26.2 Å². The number of amides is 1. The molecule has 0 spiro atoms. The van der Waals surface area contributed by atoms with Crippen molar-refractivity contribution in [2.24, 2.45) is 0 Å². The molecule has 0 unspecified atom stereocenters. The van der Waals surface area contributed by atoms with E-state index in [0.717, 1.165) is 5.70 Å². The first-order chi connectivity index (χ1) is 16.6. The van der Waals surface area contributed by atoms with Crippen LogP contribution in [0.25, 0.3) is 0 Å². The van der Waals surface area contributed by atoms with E-state index in [2.05, 4.69) is 21.0 Å². The van der Waals surface area contributed by atoms with Crippen molar-refractivity contribution in [2.75, 3.05) is 34.0 Å². The number of hydrazine groups is 2. The van der Waals surface area contributed by atoms with Crippen LogP contribution in [0, 0.1) is 0 Å². The van der Waals surface area contributed by atoms with Gasteiger partial charge in [-0.05, 0) is 46.0 Å². The number of nitrogens with zero attached hydrogens (tertiary/aromatic N) is 2. The number of nitrogens with one attached hydrogen (secondary N) is 3. The molecule has 14 heteroatoms. The second-order valence-electron chi connectivity index (χ2n) is 8.55. The molecule has 2 aliphatic rings. The molecule has 35 heavy (non-hydrogen) atoms. The summed E-state index contributed by atoms with van der Waals surface area (Å²) in [6.45, 7) is 3.35. The summed E-state index contributed by atoms with van der Waals surface area (Å²) in [4.78, 5) is 38.4. The van der Waals surface area contributed by atoms with Gasteiger partial charge < -0.3 is 39.5 Å². The van der Waals surface area contributed by atoms with E-state index in [9.17, 15) is 19.4 Å². The number of carbonyl (C=O) groups is 3. The summed E-state index contributed by atoms with van der Waals surface area (Å²) in [6.07, 6.45) is 0.682. The number of fused-ring (bicyclic) bond motifs is 1. The van der Waals surface area contributed by atoms with Gasteiger partial charge in [-0.1, -0.05) is 12.1 Å². The largest absolute Gasteiger partial charge is 0.547 e. The molecule has 0 saturated carbocycles. The number of benzene rings is 1. The summed E-state index contributed by atoms with van der Waals surface area (Å²) in [5, 5.41) is 14.8. The Morgan fingerprint density at radius 1 is 1.31 bits per heavy atom. The Bertz CT molecular complexity index is 973. The van der Waals surface area contributed by atoms with Gasteiger partial charge in [0.05, 0.1) is 17.7 Å². The van der Waals surface area contributed by atoms with Crippen LogP contribution < -0.4 is 20.9 Å². The minimum Gasteiger partial charge on any atom is -0.534 e. The molecule has 190 valence electrons. The van der Waals surface area contributed by atoms with E-state index in [-0.39, 0.29) is 36.3 Å². The van der Waals surface area contributed by atoms with E-state index in [4.69, 9.17) is 14.1 Å². The summed E-state index contributed by atoms with van der Waals surface area (Å²) in [6, 6.07) is 4.80. The highest BCUT2D eigenvalue weighted by Crippen LogP contribution is 2.30. The van der Waals surface area contributed by atoms with Gasteiger partial charge in [0, 0.05) is 12.7 Å². The van der Waals surface area contributed by atoms with Crippen LogP contribution in [0.3, 0.4) is 0 Å². The number of carbonyl (C=O) groups excluding carboxylic acids is 3. The molecule has 1 aromatic rings. The Labute approximate surface area is 203 Å². The molecule has 2 aliphatic heterocycles. The molecule has 0 radical (unpaired) electrons. The number of ether oxygens (including phenoxy) is 3. The summed E-state index contributed by atoms with van der Waals surface area (Å²) in [5.41, 5.74) is 7.41. The van der Waals surface area contributed by atoms with Gasteiger partial charge in [-0.15, -0.1) is 5.53 Å². The normalized spacial score (nSPS) is 16.8. The molecule has 3 rings (SSSR count). The van der Waals surface area contributed by atoms with Gasteiger partial charge in [-0.3, -0.25) is 9.80 Å². The second-order valence-corrected chi connectivity index (χ2v) is 8.55. The van der Waals surface area contributed by atoms with Crippen LogP contribution in [0.15, 0.2) is 30.1 Å². The van der Waals surface area contributed by atoms with Gasteiger partial charge in [-0.2, -0.15) is 0 Å². The minimum absolute atomic E-state index is 0.00557. The predicted molar refractivity (Wildman–Crippen MR) is 123 cm³/mol. The first kappa shape index (κ1) is 26.1. The van der Waals surface area contributed by atoms with Crippen molar-refractivity contribution in [2.45, 2.75) is 32.3 Å². The third-order valence-electron chi connectivity index (χ3n) is 4.86. The first-order valence-electron chi connectivity index (χ1n) is 11.0. The quantitative estimate of drug-likeness (QED) is 0.201. The Morgan fingerprint density at radius 3 is 2.80 bits per heavy atom. The molecule has 2 heterocycles. The maximum Gasteiger partial charge on any atom is 0.547 e. The fourth-order valence-electron chi connectivity index (χ4n) is 3.45. The van der Waals surface area contributed by atoms with Crippen LogP contribution in [0.1, 0.15) is 29.8 Å². The zero-order valence-corrected chi connectivity index (χ0v) is 20.1. The Hall–Kier alpha value is -3.49. The van der Waals surface area contributed by atoms with E-state index in [1.807, 2.05) is 19.0 Å². The van der Waals surface area contributed by atoms with Crippen LogP contribution in [-0.2, 0) is 25.4 Å². The highest BCUT2D eigenvalue weighted by Gasteiger charge is 2.38. The second kappa shape index (κ2) is 11.8. The maximum absolute atomic E-state index is 12.5. The summed E-state index contributed by atoms with van der Waals surface area (Å²) in [7, 11) is 2.48. The lowest BCUT2D eigenvalue weighted by atomic mass is 9.72. The minimum atomic E-state index is -1.39. The lowest BCUT2D eigenvalue weighted by Gasteiger charge is -2.29. The Kier molecular flexibility index (Phi) is 8.79. The molecule has 0 fully saturated rings. The SMILES string of the molecule is CC(C)OC(=O)OCOC(=O)c1cccc2c1OB(O)[C@@H](NC(=O)CN1C=C(CN(C)C)NN1)C2. The van der Waals surface area contributed by atoms with Gasteiger partial charge in [0.2, 0.25) is 12.7 Å². The zero-order chi connectivity index (χ0) is 25.5. The summed E-state index contributed by atoms with van der Waals surface area (Å²) >= 11 is 0. The molecule has 1 atom stereocenters. The third kappa shape index (κ3) is 7.50. The highest BCUT2D eigenvalue weighted by atomic mass is 16.8. The molecular formula is C21H30BN5O8. The fourth-order valence-corrected chi connectivity index (χ4v) is 3.45. The van der Waals surface area contributed by atoms with Gasteiger partial charge in [0.1, 0.15) is 17.9 Å². The van der Waals surface area contributed by atoms with Crippen molar-refractivity contribution >= 4 is 25.2 Å². The third-order valence-corrected chi connectivity index (χ3v) is 4.86. The van der Waals surface area contributed by atoms with Crippen LogP contribution >= 0.6 is 0 Å². The van der Waals surface area contributed by atoms with E-state index < -0.39 is 32.0 Å². The van der Waals surface area contributed by atoms with Crippen LogP contribution in [0.4, 0.5) is 4.79 Å². The lowest BCUT2D eigenvalue weighted by molar-refractivity contribution is -0.122. The van der Waals surface area contributed by atoms with E-state index in [1.165, 1.54) is 6.07 Å². The monoisotopic (exact) mass is 491 g/mol. The van der Waals surface area contributed by atoms with Crippen molar-refractivity contribution < 1.29 is 38.3 Å². The predicted octanol–water partition coefficient (Wildman–Crippen LogP) is -0.470. The molecule has 0 saturated heterocycles. The van der Waals surface area contributed by atoms with Crippen LogP contribution in [0.5, 0.6) is 5.75 Å². The lowest BCUT2D eigenvalue weighted by Crippen LogP contribution is -2.55. The van der Waals surface area contributed by atoms with Crippen LogP contribution in [0.2, 0.25) is 0 Å².